The molecule has 0 saturated heterocycles. The summed E-state index contributed by atoms with van der Waals surface area (Å²) in [5, 5.41) is 0. The van der Waals surface area contributed by atoms with Crippen LogP contribution in [0.2, 0.25) is 0 Å². The summed E-state index contributed by atoms with van der Waals surface area (Å²) >= 11 is 0. The van der Waals surface area contributed by atoms with Crippen molar-refractivity contribution in [1.29, 1.82) is 0 Å². The normalized spacial score (nSPS) is 24.1. The van der Waals surface area contributed by atoms with Crippen LogP contribution in [0.15, 0.2) is 23.1 Å². The fourth-order valence-corrected chi connectivity index (χ4v) is 3.61. The fraction of sp³-hybridized carbons (Fsp3) is 0.462. The van der Waals surface area contributed by atoms with E-state index in [1.807, 2.05) is 6.07 Å². The zero-order valence-electron chi connectivity index (χ0n) is 10.8. The number of hydrogen-bond acceptors (Lipinski definition) is 4. The third-order valence-corrected chi connectivity index (χ3v) is 4.88. The minimum Gasteiger partial charge on any atom is -0.342 e. The van der Waals surface area contributed by atoms with Crippen LogP contribution in [0.1, 0.15) is 31.0 Å². The summed E-state index contributed by atoms with van der Waals surface area (Å²) in [4.78, 5) is 8.03. The molecule has 1 heterocycles. The van der Waals surface area contributed by atoms with Crippen molar-refractivity contribution in [2.24, 2.45) is 5.73 Å². The van der Waals surface area contributed by atoms with E-state index in [1.54, 1.807) is 12.1 Å². The molecule has 6 heteroatoms. The highest BCUT2D eigenvalue weighted by molar-refractivity contribution is 7.91. The number of rotatable bonds is 2. The number of para-hydroxylation sites is 1. The number of nitrogens with two attached hydrogens (primary N) is 1. The van der Waals surface area contributed by atoms with Crippen LogP contribution in [0.4, 0.5) is 0 Å². The van der Waals surface area contributed by atoms with Crippen molar-refractivity contribution >= 4 is 20.9 Å². The third kappa shape index (κ3) is 2.26. The molecule has 102 valence electrons. The van der Waals surface area contributed by atoms with E-state index in [4.69, 9.17) is 5.73 Å². The van der Waals surface area contributed by atoms with Crippen molar-refractivity contribution in [3.63, 3.8) is 0 Å². The van der Waals surface area contributed by atoms with Gasteiger partial charge in [0.05, 0.1) is 10.4 Å². The Labute approximate surface area is 112 Å². The second-order valence-corrected chi connectivity index (χ2v) is 7.30. The molecule has 1 aromatic heterocycles. The van der Waals surface area contributed by atoms with Gasteiger partial charge in [-0.1, -0.05) is 6.07 Å². The van der Waals surface area contributed by atoms with E-state index in [-0.39, 0.29) is 10.9 Å². The molecule has 0 bridgehead atoms. The van der Waals surface area contributed by atoms with E-state index in [0.29, 0.717) is 11.4 Å². The first-order chi connectivity index (χ1) is 8.95. The number of fused-ring (bicyclic) bond motifs is 1. The topological polar surface area (TPSA) is 88.8 Å². The van der Waals surface area contributed by atoms with E-state index < -0.39 is 9.84 Å². The number of hydrogen-bond donors (Lipinski definition) is 2. The Hall–Kier alpha value is -1.40. The lowest BCUT2D eigenvalue weighted by Gasteiger charge is -2.04. The van der Waals surface area contributed by atoms with Gasteiger partial charge < -0.3 is 10.7 Å². The molecule has 0 unspecified atom stereocenters. The van der Waals surface area contributed by atoms with Gasteiger partial charge >= 0.3 is 0 Å². The van der Waals surface area contributed by atoms with E-state index >= 15 is 0 Å². The van der Waals surface area contributed by atoms with Crippen LogP contribution in [0.3, 0.4) is 0 Å². The molecular weight excluding hydrogens is 262 g/mol. The molecule has 5 nitrogen and oxygen atoms in total. The number of sulfone groups is 1. The van der Waals surface area contributed by atoms with Gasteiger partial charge in [-0.3, -0.25) is 0 Å². The Morgan fingerprint density at radius 3 is 2.79 bits per heavy atom. The summed E-state index contributed by atoms with van der Waals surface area (Å²) in [6, 6.07) is 5.42. The van der Waals surface area contributed by atoms with Gasteiger partial charge in [0.2, 0.25) is 0 Å². The molecule has 19 heavy (non-hydrogen) atoms. The fourth-order valence-electron chi connectivity index (χ4n) is 2.78. The molecule has 3 N–H and O–H groups in total. The van der Waals surface area contributed by atoms with Crippen molar-refractivity contribution in [3.8, 4) is 0 Å². The maximum Gasteiger partial charge on any atom is 0.177 e. The Morgan fingerprint density at radius 1 is 1.37 bits per heavy atom. The average molecular weight is 279 g/mol. The largest absolute Gasteiger partial charge is 0.342 e. The number of H-pyrrole nitrogens is 1. The van der Waals surface area contributed by atoms with Gasteiger partial charge in [0.15, 0.2) is 9.84 Å². The predicted molar refractivity (Wildman–Crippen MR) is 73.8 cm³/mol. The highest BCUT2D eigenvalue weighted by Gasteiger charge is 2.26. The van der Waals surface area contributed by atoms with Crippen LogP contribution in [0.5, 0.6) is 0 Å². The van der Waals surface area contributed by atoms with Crippen LogP contribution in [-0.2, 0) is 9.84 Å². The second kappa shape index (κ2) is 4.31. The van der Waals surface area contributed by atoms with E-state index in [9.17, 15) is 8.42 Å². The summed E-state index contributed by atoms with van der Waals surface area (Å²) in [5.41, 5.74) is 7.24. The zero-order chi connectivity index (χ0) is 13.6. The Morgan fingerprint density at radius 2 is 2.16 bits per heavy atom. The number of nitrogens with one attached hydrogen (secondary N) is 1. The summed E-state index contributed by atoms with van der Waals surface area (Å²) in [5.74, 6) is 1.17. The van der Waals surface area contributed by atoms with Gasteiger partial charge in [0, 0.05) is 18.2 Å². The maximum atomic E-state index is 11.8. The zero-order valence-corrected chi connectivity index (χ0v) is 11.6. The van der Waals surface area contributed by atoms with Gasteiger partial charge in [0.1, 0.15) is 11.3 Å². The number of imidazole rings is 1. The maximum absolute atomic E-state index is 11.8. The summed E-state index contributed by atoms with van der Waals surface area (Å²) in [6.07, 6.45) is 4.13. The van der Waals surface area contributed by atoms with E-state index in [0.717, 1.165) is 30.6 Å². The molecule has 0 amide bonds. The molecule has 0 aliphatic heterocycles. The third-order valence-electron chi connectivity index (χ3n) is 3.75. The summed E-state index contributed by atoms with van der Waals surface area (Å²) < 4.78 is 23.5. The van der Waals surface area contributed by atoms with Crippen LogP contribution in [-0.4, -0.2) is 30.7 Å². The molecule has 0 radical (unpaired) electrons. The molecule has 2 aromatic rings. The van der Waals surface area contributed by atoms with Crippen molar-refractivity contribution in [1.82, 2.24) is 9.97 Å². The lowest BCUT2D eigenvalue weighted by Crippen LogP contribution is -2.14. The molecule has 1 saturated carbocycles. The minimum absolute atomic E-state index is 0.229. The molecule has 3 rings (SSSR count). The number of aromatic nitrogens is 2. The molecule has 0 spiro atoms. The molecule has 1 aliphatic rings. The highest BCUT2D eigenvalue weighted by atomic mass is 32.2. The van der Waals surface area contributed by atoms with Gasteiger partial charge in [-0.05, 0) is 31.4 Å². The predicted octanol–water partition coefficient (Wildman–Crippen LogP) is 1.56. The lowest BCUT2D eigenvalue weighted by atomic mass is 10.1. The Bertz CT molecular complexity index is 721. The lowest BCUT2D eigenvalue weighted by molar-refractivity contribution is 0.602. The standard InChI is InChI=1S/C13H17N3O2S/c1-19(17,18)11-4-2-3-10-12(11)16-13(15-10)8-5-6-9(14)7-8/h2-4,8-9H,5-7,14H2,1H3,(H,15,16)/t8-,9+/m1/s1. The first-order valence-electron chi connectivity index (χ1n) is 6.39. The first kappa shape index (κ1) is 12.6. The Kier molecular flexibility index (Phi) is 2.87. The van der Waals surface area contributed by atoms with Gasteiger partial charge in [-0.15, -0.1) is 0 Å². The van der Waals surface area contributed by atoms with E-state index in [1.165, 1.54) is 6.26 Å². The summed E-state index contributed by atoms with van der Waals surface area (Å²) in [6.45, 7) is 0. The van der Waals surface area contributed by atoms with E-state index in [2.05, 4.69) is 9.97 Å². The summed E-state index contributed by atoms with van der Waals surface area (Å²) in [7, 11) is -3.26. The van der Waals surface area contributed by atoms with Crippen LogP contribution >= 0.6 is 0 Å². The molecule has 1 fully saturated rings. The molecule has 1 aliphatic carbocycles. The monoisotopic (exact) mass is 279 g/mol. The highest BCUT2D eigenvalue weighted by Crippen LogP contribution is 2.33. The number of aromatic amines is 1. The minimum atomic E-state index is -3.26. The molecule has 2 atom stereocenters. The van der Waals surface area contributed by atoms with Crippen molar-refractivity contribution in [2.75, 3.05) is 6.26 Å². The van der Waals surface area contributed by atoms with Crippen LogP contribution in [0.25, 0.3) is 11.0 Å². The number of benzene rings is 1. The van der Waals surface area contributed by atoms with Gasteiger partial charge in [-0.2, -0.15) is 0 Å². The van der Waals surface area contributed by atoms with Crippen LogP contribution in [0, 0.1) is 0 Å². The average Bonchev–Trinajstić information content (AvgIpc) is 2.92. The van der Waals surface area contributed by atoms with Crippen LogP contribution < -0.4 is 5.73 Å². The second-order valence-electron chi connectivity index (χ2n) is 5.32. The Balaban J connectivity index is 2.11. The van der Waals surface area contributed by atoms with Gasteiger partial charge in [0.25, 0.3) is 0 Å². The van der Waals surface area contributed by atoms with Crippen molar-refractivity contribution in [2.45, 2.75) is 36.1 Å². The van der Waals surface area contributed by atoms with Gasteiger partial charge in [-0.25, -0.2) is 13.4 Å². The quantitative estimate of drug-likeness (QED) is 0.873. The van der Waals surface area contributed by atoms with Crippen molar-refractivity contribution < 1.29 is 8.42 Å². The SMILES string of the molecule is CS(=O)(=O)c1cccc2[nH]c([C@@H]3CC[C@H](N)C3)nc12. The smallest absolute Gasteiger partial charge is 0.177 e. The number of nitrogens with zero attached hydrogens (tertiary/aromatic N) is 1. The first-order valence-corrected chi connectivity index (χ1v) is 8.28. The van der Waals surface area contributed by atoms with Crippen molar-refractivity contribution in [3.05, 3.63) is 24.0 Å². The molecular formula is C13H17N3O2S. The molecule has 1 aromatic carbocycles.